The fourth-order valence-electron chi connectivity index (χ4n) is 3.26. The molecule has 0 atom stereocenters. The van der Waals surface area contributed by atoms with Crippen LogP contribution in [-0.4, -0.2) is 41.5 Å². The van der Waals surface area contributed by atoms with E-state index in [4.69, 9.17) is 4.74 Å². The standard InChI is InChI=1S/C22H29N3O2/c1-2-3-13-24-22(26)18-7-9-20(10-8-18)27-21-11-15-25(16-12-21)17-19-6-4-5-14-23-19/h4-10,14,21H,2-3,11-13,15-17H2,1H3,(H,24,26). The molecular formula is C22H29N3O2. The van der Waals surface area contributed by atoms with Gasteiger partial charge in [-0.1, -0.05) is 19.4 Å². The minimum atomic E-state index is -0.0159. The maximum Gasteiger partial charge on any atom is 0.251 e. The number of rotatable bonds is 8. The highest BCUT2D eigenvalue weighted by atomic mass is 16.5. The van der Waals surface area contributed by atoms with Gasteiger partial charge in [-0.05, 0) is 55.7 Å². The maximum atomic E-state index is 12.0. The smallest absolute Gasteiger partial charge is 0.251 e. The zero-order valence-corrected chi connectivity index (χ0v) is 16.1. The molecule has 1 aliphatic rings. The van der Waals surface area contributed by atoms with Crippen LogP contribution in [0, 0.1) is 0 Å². The number of unbranched alkanes of at least 4 members (excludes halogenated alkanes) is 1. The number of nitrogens with zero attached hydrogens (tertiary/aromatic N) is 2. The normalized spacial score (nSPS) is 15.4. The third kappa shape index (κ3) is 6.07. The molecule has 0 spiro atoms. The summed E-state index contributed by atoms with van der Waals surface area (Å²) in [5, 5.41) is 2.94. The van der Waals surface area contributed by atoms with Gasteiger partial charge in [0.15, 0.2) is 0 Å². The molecule has 1 N–H and O–H groups in total. The SMILES string of the molecule is CCCCNC(=O)c1ccc(OC2CCN(Cc3ccccn3)CC2)cc1. The Morgan fingerprint density at radius 1 is 1.19 bits per heavy atom. The van der Waals surface area contributed by atoms with Gasteiger partial charge in [0.2, 0.25) is 0 Å². The molecular weight excluding hydrogens is 338 g/mol. The van der Waals surface area contributed by atoms with Gasteiger partial charge in [-0.25, -0.2) is 0 Å². The van der Waals surface area contributed by atoms with Crippen molar-refractivity contribution < 1.29 is 9.53 Å². The summed E-state index contributed by atoms with van der Waals surface area (Å²) in [6.45, 7) is 5.76. The molecule has 1 aliphatic heterocycles. The van der Waals surface area contributed by atoms with Crippen molar-refractivity contribution in [2.45, 2.75) is 45.3 Å². The van der Waals surface area contributed by atoms with Crippen LogP contribution in [0.2, 0.25) is 0 Å². The fraction of sp³-hybridized carbons (Fsp3) is 0.455. The molecule has 0 unspecified atom stereocenters. The Kier molecular flexibility index (Phi) is 7.22. The summed E-state index contributed by atoms with van der Waals surface area (Å²) in [5.41, 5.74) is 1.80. The number of piperidine rings is 1. The Morgan fingerprint density at radius 2 is 1.96 bits per heavy atom. The van der Waals surface area contributed by atoms with Gasteiger partial charge in [-0.3, -0.25) is 14.7 Å². The first-order chi connectivity index (χ1) is 13.2. The minimum absolute atomic E-state index is 0.0159. The van der Waals surface area contributed by atoms with Crippen molar-refractivity contribution in [3.63, 3.8) is 0 Å². The van der Waals surface area contributed by atoms with Gasteiger partial charge in [0.05, 0.1) is 5.69 Å². The molecule has 1 fully saturated rings. The van der Waals surface area contributed by atoms with E-state index < -0.39 is 0 Å². The lowest BCUT2D eigenvalue weighted by molar-refractivity contribution is 0.0949. The van der Waals surface area contributed by atoms with Crippen LogP contribution in [0.4, 0.5) is 0 Å². The fourth-order valence-corrected chi connectivity index (χ4v) is 3.26. The monoisotopic (exact) mass is 367 g/mol. The predicted octanol–water partition coefficient (Wildman–Crippen LogP) is 3.65. The van der Waals surface area contributed by atoms with Gasteiger partial charge >= 0.3 is 0 Å². The molecule has 1 aromatic carbocycles. The Balaban J connectivity index is 1.43. The number of hydrogen-bond donors (Lipinski definition) is 1. The largest absolute Gasteiger partial charge is 0.490 e. The van der Waals surface area contributed by atoms with Crippen molar-refractivity contribution in [2.75, 3.05) is 19.6 Å². The molecule has 0 aliphatic carbocycles. The first-order valence-corrected chi connectivity index (χ1v) is 9.92. The summed E-state index contributed by atoms with van der Waals surface area (Å²) in [6.07, 6.45) is 6.17. The lowest BCUT2D eigenvalue weighted by atomic mass is 10.1. The van der Waals surface area contributed by atoms with E-state index in [1.54, 1.807) is 0 Å². The van der Waals surface area contributed by atoms with Crippen LogP contribution in [0.1, 0.15) is 48.7 Å². The van der Waals surface area contributed by atoms with Crippen molar-refractivity contribution in [3.05, 3.63) is 59.9 Å². The van der Waals surface area contributed by atoms with E-state index in [-0.39, 0.29) is 12.0 Å². The van der Waals surface area contributed by atoms with Crippen LogP contribution in [0.3, 0.4) is 0 Å². The average molecular weight is 367 g/mol. The number of pyridine rings is 1. The van der Waals surface area contributed by atoms with Gasteiger partial charge < -0.3 is 10.1 Å². The molecule has 5 nitrogen and oxygen atoms in total. The van der Waals surface area contributed by atoms with Crippen LogP contribution < -0.4 is 10.1 Å². The summed E-state index contributed by atoms with van der Waals surface area (Å²) in [5.74, 6) is 0.820. The van der Waals surface area contributed by atoms with Gasteiger partial charge in [-0.2, -0.15) is 0 Å². The quantitative estimate of drug-likeness (QED) is 0.724. The molecule has 0 bridgehead atoms. The molecule has 3 rings (SSSR count). The Morgan fingerprint density at radius 3 is 2.63 bits per heavy atom. The summed E-state index contributed by atoms with van der Waals surface area (Å²) >= 11 is 0. The number of aromatic nitrogens is 1. The number of ether oxygens (including phenoxy) is 1. The highest BCUT2D eigenvalue weighted by Gasteiger charge is 2.21. The number of amides is 1. The lowest BCUT2D eigenvalue weighted by Crippen LogP contribution is -2.37. The van der Waals surface area contributed by atoms with E-state index in [1.807, 2.05) is 42.6 Å². The number of nitrogens with one attached hydrogen (secondary N) is 1. The van der Waals surface area contributed by atoms with E-state index in [2.05, 4.69) is 28.2 Å². The second kappa shape index (κ2) is 10.1. The van der Waals surface area contributed by atoms with E-state index in [0.29, 0.717) is 5.56 Å². The first kappa shape index (κ1) is 19.4. The van der Waals surface area contributed by atoms with Crippen LogP contribution >= 0.6 is 0 Å². The summed E-state index contributed by atoms with van der Waals surface area (Å²) in [4.78, 5) is 18.9. The van der Waals surface area contributed by atoms with Crippen molar-refractivity contribution in [1.29, 1.82) is 0 Å². The maximum absolute atomic E-state index is 12.0. The molecule has 5 heteroatoms. The van der Waals surface area contributed by atoms with E-state index in [9.17, 15) is 4.79 Å². The number of carbonyl (C=O) groups excluding carboxylic acids is 1. The van der Waals surface area contributed by atoms with Crippen LogP contribution in [0.25, 0.3) is 0 Å². The number of likely N-dealkylation sites (tertiary alicyclic amines) is 1. The topological polar surface area (TPSA) is 54.5 Å². The highest BCUT2D eigenvalue weighted by molar-refractivity contribution is 5.94. The van der Waals surface area contributed by atoms with E-state index >= 15 is 0 Å². The number of carbonyl (C=O) groups is 1. The third-order valence-corrected chi connectivity index (χ3v) is 4.88. The van der Waals surface area contributed by atoms with Crippen molar-refractivity contribution in [3.8, 4) is 5.75 Å². The zero-order valence-electron chi connectivity index (χ0n) is 16.1. The second-order valence-electron chi connectivity index (χ2n) is 7.05. The minimum Gasteiger partial charge on any atom is -0.490 e. The van der Waals surface area contributed by atoms with Crippen LogP contribution in [0.5, 0.6) is 5.75 Å². The molecule has 1 amide bonds. The number of hydrogen-bond acceptors (Lipinski definition) is 4. The summed E-state index contributed by atoms with van der Waals surface area (Å²) < 4.78 is 6.11. The highest BCUT2D eigenvalue weighted by Crippen LogP contribution is 2.20. The average Bonchev–Trinajstić information content (AvgIpc) is 2.71. The summed E-state index contributed by atoms with van der Waals surface area (Å²) in [6, 6.07) is 13.5. The van der Waals surface area contributed by atoms with Crippen LogP contribution in [0.15, 0.2) is 48.7 Å². The predicted molar refractivity (Wildman–Crippen MR) is 107 cm³/mol. The Labute approximate surface area is 161 Å². The third-order valence-electron chi connectivity index (χ3n) is 4.88. The molecule has 1 saturated heterocycles. The lowest BCUT2D eigenvalue weighted by Gasteiger charge is -2.31. The van der Waals surface area contributed by atoms with E-state index in [0.717, 1.165) is 63.3 Å². The zero-order chi connectivity index (χ0) is 18.9. The van der Waals surface area contributed by atoms with Gasteiger partial charge in [0.1, 0.15) is 11.9 Å². The molecule has 2 aromatic rings. The Hall–Kier alpha value is -2.40. The second-order valence-corrected chi connectivity index (χ2v) is 7.05. The van der Waals surface area contributed by atoms with Gasteiger partial charge in [0.25, 0.3) is 5.91 Å². The molecule has 2 heterocycles. The van der Waals surface area contributed by atoms with Crippen molar-refractivity contribution >= 4 is 5.91 Å². The van der Waals surface area contributed by atoms with Crippen molar-refractivity contribution in [2.24, 2.45) is 0 Å². The van der Waals surface area contributed by atoms with Gasteiger partial charge in [0, 0.05) is 37.9 Å². The molecule has 1 aromatic heterocycles. The molecule has 0 radical (unpaired) electrons. The Bertz CT molecular complexity index is 695. The molecule has 144 valence electrons. The van der Waals surface area contributed by atoms with Gasteiger partial charge in [-0.15, -0.1) is 0 Å². The van der Waals surface area contributed by atoms with Crippen LogP contribution in [-0.2, 0) is 6.54 Å². The van der Waals surface area contributed by atoms with Crippen molar-refractivity contribution in [1.82, 2.24) is 15.2 Å². The first-order valence-electron chi connectivity index (χ1n) is 9.92. The molecule has 0 saturated carbocycles. The summed E-state index contributed by atoms with van der Waals surface area (Å²) in [7, 11) is 0. The molecule has 27 heavy (non-hydrogen) atoms. The number of benzene rings is 1. The van der Waals surface area contributed by atoms with E-state index in [1.165, 1.54) is 0 Å².